The first-order valence-corrected chi connectivity index (χ1v) is 4.50. The molecule has 0 unspecified atom stereocenters. The second kappa shape index (κ2) is 5.12. The summed E-state index contributed by atoms with van der Waals surface area (Å²) in [5.41, 5.74) is 3.13. The molecule has 0 spiro atoms. The first-order valence-electron chi connectivity index (χ1n) is 4.50. The number of rotatable bonds is 3. The fraction of sp³-hybridized carbons (Fsp3) is 0.167. The van der Waals surface area contributed by atoms with Gasteiger partial charge in [-0.1, -0.05) is 12.2 Å². The molecule has 14 heavy (non-hydrogen) atoms. The maximum Gasteiger partial charge on any atom is 0.0443 e. The summed E-state index contributed by atoms with van der Waals surface area (Å²) in [6, 6.07) is 3.92. The van der Waals surface area contributed by atoms with E-state index in [1.807, 2.05) is 38.1 Å². The Morgan fingerprint density at radius 3 is 2.57 bits per heavy atom. The largest absolute Gasteiger partial charge is 0.269 e. The molecule has 0 saturated carbocycles. The van der Waals surface area contributed by atoms with E-state index < -0.39 is 0 Å². The molecule has 0 aliphatic rings. The molecule has 1 heterocycles. The summed E-state index contributed by atoms with van der Waals surface area (Å²) in [4.78, 5) is 7.92. The first kappa shape index (κ1) is 10.4. The zero-order chi connectivity index (χ0) is 10.4. The summed E-state index contributed by atoms with van der Waals surface area (Å²) in [6.45, 7) is 7.46. The molecule has 0 bridgehead atoms. The minimum atomic E-state index is 0.925. The van der Waals surface area contributed by atoms with Gasteiger partial charge < -0.3 is 0 Å². The predicted octanol–water partition coefficient (Wildman–Crippen LogP) is 3.09. The highest BCUT2D eigenvalue weighted by Crippen LogP contribution is 2.19. The highest BCUT2D eigenvalue weighted by Gasteiger charge is 2.00. The second-order valence-corrected chi connectivity index (χ2v) is 2.89. The average Bonchev–Trinajstić information content (AvgIpc) is 2.26. The Labute approximate surface area is 84.7 Å². The molecule has 72 valence electrons. The molecule has 0 amide bonds. The highest BCUT2D eigenvalue weighted by atomic mass is 14.7. The van der Waals surface area contributed by atoms with Crippen LogP contribution in [0.15, 0.2) is 47.4 Å². The SMILES string of the molecule is C=N/C(C)=C(\C=C/C)c1ccncc1. The topological polar surface area (TPSA) is 25.2 Å². The van der Waals surface area contributed by atoms with Gasteiger partial charge in [0.05, 0.1) is 0 Å². The van der Waals surface area contributed by atoms with Gasteiger partial charge in [0.1, 0.15) is 0 Å². The predicted molar refractivity (Wildman–Crippen MR) is 61.2 cm³/mol. The molecular weight excluding hydrogens is 172 g/mol. The maximum absolute atomic E-state index is 3.98. The van der Waals surface area contributed by atoms with Crippen molar-refractivity contribution in [3.63, 3.8) is 0 Å². The van der Waals surface area contributed by atoms with Crippen molar-refractivity contribution in [3.8, 4) is 0 Å². The van der Waals surface area contributed by atoms with Crippen LogP contribution < -0.4 is 0 Å². The van der Waals surface area contributed by atoms with E-state index in [0.717, 1.165) is 16.8 Å². The van der Waals surface area contributed by atoms with Gasteiger partial charge in [0.2, 0.25) is 0 Å². The molecule has 2 heteroatoms. The van der Waals surface area contributed by atoms with Crippen molar-refractivity contribution in [2.75, 3.05) is 0 Å². The van der Waals surface area contributed by atoms with Gasteiger partial charge in [-0.3, -0.25) is 9.98 Å². The van der Waals surface area contributed by atoms with Crippen molar-refractivity contribution in [2.24, 2.45) is 4.99 Å². The Morgan fingerprint density at radius 1 is 1.43 bits per heavy atom. The number of allylic oxidation sites excluding steroid dienone is 4. The molecule has 0 aliphatic carbocycles. The van der Waals surface area contributed by atoms with Crippen LogP contribution in [-0.2, 0) is 0 Å². The lowest BCUT2D eigenvalue weighted by Gasteiger charge is -2.03. The van der Waals surface area contributed by atoms with Crippen molar-refractivity contribution in [1.82, 2.24) is 4.98 Å². The maximum atomic E-state index is 3.98. The summed E-state index contributed by atoms with van der Waals surface area (Å²) < 4.78 is 0. The van der Waals surface area contributed by atoms with Crippen molar-refractivity contribution in [2.45, 2.75) is 13.8 Å². The van der Waals surface area contributed by atoms with E-state index in [4.69, 9.17) is 0 Å². The Morgan fingerprint density at radius 2 is 2.07 bits per heavy atom. The van der Waals surface area contributed by atoms with Crippen LogP contribution in [0.25, 0.3) is 5.57 Å². The van der Waals surface area contributed by atoms with E-state index in [-0.39, 0.29) is 0 Å². The van der Waals surface area contributed by atoms with E-state index in [1.165, 1.54) is 0 Å². The fourth-order valence-corrected chi connectivity index (χ4v) is 1.21. The summed E-state index contributed by atoms with van der Waals surface area (Å²) >= 11 is 0. The average molecular weight is 186 g/mol. The molecule has 0 N–H and O–H groups in total. The zero-order valence-electron chi connectivity index (χ0n) is 8.57. The molecule has 0 saturated heterocycles. The molecule has 0 atom stereocenters. The molecule has 0 fully saturated rings. The van der Waals surface area contributed by atoms with Crippen LogP contribution in [0.4, 0.5) is 0 Å². The van der Waals surface area contributed by atoms with Gasteiger partial charge in [0.15, 0.2) is 0 Å². The molecule has 1 aromatic rings. The number of hydrogen-bond acceptors (Lipinski definition) is 2. The molecule has 0 aliphatic heterocycles. The molecule has 1 aromatic heterocycles. The Hall–Kier alpha value is -1.70. The van der Waals surface area contributed by atoms with Crippen molar-refractivity contribution >= 4 is 12.3 Å². The van der Waals surface area contributed by atoms with Crippen molar-refractivity contribution in [3.05, 3.63) is 47.9 Å². The van der Waals surface area contributed by atoms with E-state index >= 15 is 0 Å². The summed E-state index contributed by atoms with van der Waals surface area (Å²) in [6.07, 6.45) is 7.56. The van der Waals surface area contributed by atoms with Crippen molar-refractivity contribution in [1.29, 1.82) is 0 Å². The fourth-order valence-electron chi connectivity index (χ4n) is 1.21. The number of aromatic nitrogens is 1. The monoisotopic (exact) mass is 186 g/mol. The van der Waals surface area contributed by atoms with Crippen LogP contribution in [0.5, 0.6) is 0 Å². The smallest absolute Gasteiger partial charge is 0.0443 e. The summed E-state index contributed by atoms with van der Waals surface area (Å²) in [7, 11) is 0. The van der Waals surface area contributed by atoms with Crippen LogP contribution in [0.3, 0.4) is 0 Å². The lowest BCUT2D eigenvalue weighted by molar-refractivity contribution is 1.29. The summed E-state index contributed by atoms with van der Waals surface area (Å²) in [5.74, 6) is 0. The van der Waals surface area contributed by atoms with Crippen LogP contribution in [0, 0.1) is 0 Å². The lowest BCUT2D eigenvalue weighted by atomic mass is 10.1. The second-order valence-electron chi connectivity index (χ2n) is 2.89. The third-order valence-electron chi connectivity index (χ3n) is 1.95. The Balaban J connectivity index is 3.20. The van der Waals surface area contributed by atoms with E-state index in [2.05, 4.69) is 16.7 Å². The summed E-state index contributed by atoms with van der Waals surface area (Å²) in [5, 5.41) is 0. The minimum absolute atomic E-state index is 0.925. The third kappa shape index (κ3) is 2.39. The standard InChI is InChI=1S/C12H14N2/c1-4-5-12(10(2)13-3)11-6-8-14-9-7-11/h4-9H,3H2,1-2H3/b5-4-,12-10+. The van der Waals surface area contributed by atoms with Gasteiger partial charge in [-0.25, -0.2) is 0 Å². The van der Waals surface area contributed by atoms with Crippen LogP contribution in [0.2, 0.25) is 0 Å². The quantitative estimate of drug-likeness (QED) is 0.526. The van der Waals surface area contributed by atoms with Gasteiger partial charge in [-0.2, -0.15) is 0 Å². The zero-order valence-corrected chi connectivity index (χ0v) is 8.57. The van der Waals surface area contributed by atoms with Crippen LogP contribution in [0.1, 0.15) is 19.4 Å². The molecule has 0 aromatic carbocycles. The van der Waals surface area contributed by atoms with Crippen LogP contribution in [-0.4, -0.2) is 11.7 Å². The molecule has 0 radical (unpaired) electrons. The van der Waals surface area contributed by atoms with Gasteiger partial charge in [0.25, 0.3) is 0 Å². The first-order chi connectivity index (χ1) is 6.79. The number of aliphatic imine (C=N–C) groups is 1. The number of pyridine rings is 1. The normalized spacial score (nSPS) is 12.7. The van der Waals surface area contributed by atoms with E-state index in [1.54, 1.807) is 12.4 Å². The van der Waals surface area contributed by atoms with Gasteiger partial charge >= 0.3 is 0 Å². The van der Waals surface area contributed by atoms with Gasteiger partial charge in [0, 0.05) is 23.7 Å². The number of nitrogens with zero attached hydrogens (tertiary/aromatic N) is 2. The van der Waals surface area contributed by atoms with E-state index in [9.17, 15) is 0 Å². The Kier molecular flexibility index (Phi) is 3.80. The molecule has 1 rings (SSSR count). The Bertz CT molecular complexity index is 361. The highest BCUT2D eigenvalue weighted by molar-refractivity contribution is 5.76. The van der Waals surface area contributed by atoms with Crippen molar-refractivity contribution < 1.29 is 0 Å². The number of hydrogen-bond donors (Lipinski definition) is 0. The molecular formula is C12H14N2. The van der Waals surface area contributed by atoms with Crippen LogP contribution >= 0.6 is 0 Å². The molecule has 2 nitrogen and oxygen atoms in total. The van der Waals surface area contributed by atoms with Gasteiger partial charge in [-0.05, 0) is 38.3 Å². The minimum Gasteiger partial charge on any atom is -0.269 e. The van der Waals surface area contributed by atoms with Gasteiger partial charge in [-0.15, -0.1) is 0 Å². The third-order valence-corrected chi connectivity index (χ3v) is 1.95. The van der Waals surface area contributed by atoms with E-state index in [0.29, 0.717) is 0 Å². The lowest BCUT2D eigenvalue weighted by Crippen LogP contribution is -1.84.